The highest BCUT2D eigenvalue weighted by atomic mass is 35.5. The van der Waals surface area contributed by atoms with E-state index in [2.05, 4.69) is 21.0 Å². The van der Waals surface area contributed by atoms with E-state index in [4.69, 9.17) is 0 Å². The zero-order valence-electron chi connectivity index (χ0n) is 7.23. The minimum atomic E-state index is 0. The molecule has 2 heteroatoms. The Labute approximate surface area is 70.4 Å². The molecule has 1 fully saturated rings. The van der Waals surface area contributed by atoms with Crippen LogP contribution in [0.2, 0.25) is 0 Å². The highest BCUT2D eigenvalue weighted by Crippen LogP contribution is 2.18. The second kappa shape index (κ2) is 3.59. The molecule has 0 atom stereocenters. The predicted octanol–water partition coefficient (Wildman–Crippen LogP) is -1.50. The quantitative estimate of drug-likeness (QED) is 0.382. The van der Waals surface area contributed by atoms with Crippen LogP contribution in [0.25, 0.3) is 0 Å². The first-order valence-electron chi connectivity index (χ1n) is 3.92. The number of rotatable bonds is 0. The van der Waals surface area contributed by atoms with Gasteiger partial charge in [-0.3, -0.25) is 0 Å². The molecular formula is C8H18ClN. The normalized spacial score (nSPS) is 25.5. The third-order valence-corrected chi connectivity index (χ3v) is 2.45. The van der Waals surface area contributed by atoms with Crippen molar-refractivity contribution in [2.24, 2.45) is 5.92 Å². The summed E-state index contributed by atoms with van der Waals surface area (Å²) in [5.41, 5.74) is 0. The van der Waals surface area contributed by atoms with Crippen molar-refractivity contribution in [3.05, 3.63) is 0 Å². The number of piperidine rings is 1. The Kier molecular flexibility index (Phi) is 3.68. The molecule has 0 saturated carbocycles. The van der Waals surface area contributed by atoms with Gasteiger partial charge in [0.15, 0.2) is 0 Å². The Bertz CT molecular complexity index is 91.4. The first-order chi connectivity index (χ1) is 4.10. The van der Waals surface area contributed by atoms with E-state index in [1.54, 1.807) is 0 Å². The van der Waals surface area contributed by atoms with Crippen LogP contribution in [0.3, 0.4) is 0 Å². The Morgan fingerprint density at radius 2 is 1.50 bits per heavy atom. The number of hydrogen-bond acceptors (Lipinski definition) is 0. The average molecular weight is 164 g/mol. The molecule has 0 radical (unpaired) electrons. The van der Waals surface area contributed by atoms with Crippen LogP contribution in [-0.2, 0) is 0 Å². The Hall–Kier alpha value is 0.250. The molecule has 0 N–H and O–H groups in total. The number of likely N-dealkylation sites (tertiary alicyclic amines) is 1. The maximum Gasteiger partial charge on any atom is 0.0785 e. The van der Waals surface area contributed by atoms with Gasteiger partial charge in [-0.05, 0) is 18.8 Å². The molecule has 0 bridgehead atoms. The number of quaternary nitrogens is 1. The molecule has 1 aliphatic heterocycles. The predicted molar refractivity (Wildman–Crippen MR) is 40.2 cm³/mol. The van der Waals surface area contributed by atoms with Crippen molar-refractivity contribution < 1.29 is 16.9 Å². The van der Waals surface area contributed by atoms with Crippen molar-refractivity contribution in [3.63, 3.8) is 0 Å². The third kappa shape index (κ3) is 2.89. The molecule has 0 aromatic rings. The van der Waals surface area contributed by atoms with Crippen LogP contribution in [0.5, 0.6) is 0 Å². The first-order valence-corrected chi connectivity index (χ1v) is 3.92. The second-order valence-corrected chi connectivity index (χ2v) is 4.07. The van der Waals surface area contributed by atoms with Gasteiger partial charge in [0, 0.05) is 0 Å². The van der Waals surface area contributed by atoms with Crippen LogP contribution < -0.4 is 12.4 Å². The molecule has 1 rings (SSSR count). The van der Waals surface area contributed by atoms with Gasteiger partial charge >= 0.3 is 0 Å². The van der Waals surface area contributed by atoms with Gasteiger partial charge in [0.25, 0.3) is 0 Å². The van der Waals surface area contributed by atoms with Gasteiger partial charge in [-0.25, -0.2) is 0 Å². The van der Waals surface area contributed by atoms with Gasteiger partial charge < -0.3 is 16.9 Å². The van der Waals surface area contributed by atoms with E-state index < -0.39 is 0 Å². The van der Waals surface area contributed by atoms with Gasteiger partial charge in [-0.15, -0.1) is 0 Å². The summed E-state index contributed by atoms with van der Waals surface area (Å²) < 4.78 is 1.24. The fraction of sp³-hybridized carbons (Fsp3) is 1.00. The van der Waals surface area contributed by atoms with Crippen molar-refractivity contribution in [1.82, 2.24) is 0 Å². The summed E-state index contributed by atoms with van der Waals surface area (Å²) in [5, 5.41) is 0. The lowest BCUT2D eigenvalue weighted by atomic mass is 9.98. The topological polar surface area (TPSA) is 0 Å². The lowest BCUT2D eigenvalue weighted by molar-refractivity contribution is -0.896. The Morgan fingerprint density at radius 3 is 1.80 bits per heavy atom. The lowest BCUT2D eigenvalue weighted by Crippen LogP contribution is -3.00. The maximum atomic E-state index is 2.36. The summed E-state index contributed by atoms with van der Waals surface area (Å²) in [5.74, 6) is 0.983. The van der Waals surface area contributed by atoms with Crippen molar-refractivity contribution in [1.29, 1.82) is 0 Å². The van der Waals surface area contributed by atoms with E-state index in [-0.39, 0.29) is 12.4 Å². The molecule has 0 unspecified atom stereocenters. The summed E-state index contributed by atoms with van der Waals surface area (Å²) >= 11 is 0. The summed E-state index contributed by atoms with van der Waals surface area (Å²) in [6.07, 6.45) is 2.85. The van der Waals surface area contributed by atoms with E-state index in [1.807, 2.05) is 0 Å². The second-order valence-electron chi connectivity index (χ2n) is 4.07. The lowest BCUT2D eigenvalue weighted by Gasteiger charge is -2.35. The highest BCUT2D eigenvalue weighted by Gasteiger charge is 2.22. The molecule has 1 aliphatic rings. The zero-order valence-corrected chi connectivity index (χ0v) is 7.99. The van der Waals surface area contributed by atoms with Gasteiger partial charge in [0.2, 0.25) is 0 Å². The van der Waals surface area contributed by atoms with Crippen molar-refractivity contribution in [2.45, 2.75) is 19.8 Å². The van der Waals surface area contributed by atoms with Gasteiger partial charge in [-0.1, -0.05) is 6.92 Å². The molecule has 0 aromatic carbocycles. The van der Waals surface area contributed by atoms with Crippen molar-refractivity contribution in [2.75, 3.05) is 27.2 Å². The Balaban J connectivity index is 0.000000810. The maximum absolute atomic E-state index is 2.36. The molecular weight excluding hydrogens is 146 g/mol. The van der Waals surface area contributed by atoms with E-state index in [0.29, 0.717) is 0 Å². The fourth-order valence-corrected chi connectivity index (χ4v) is 1.40. The smallest absolute Gasteiger partial charge is 0.0785 e. The molecule has 1 nitrogen and oxygen atoms in total. The van der Waals surface area contributed by atoms with Crippen molar-refractivity contribution >= 4 is 0 Å². The monoisotopic (exact) mass is 163 g/mol. The SMILES string of the molecule is CC1CC[N+](C)(C)CC1.[Cl-]. The van der Waals surface area contributed by atoms with E-state index >= 15 is 0 Å². The van der Waals surface area contributed by atoms with Crippen LogP contribution in [0.15, 0.2) is 0 Å². The van der Waals surface area contributed by atoms with E-state index in [1.165, 1.54) is 30.4 Å². The standard InChI is InChI=1S/C8H18N.ClH/c1-8-4-6-9(2,3)7-5-8;/h8H,4-7H2,1-3H3;1H/q+1;/p-1. The summed E-state index contributed by atoms with van der Waals surface area (Å²) in [7, 11) is 4.65. The summed E-state index contributed by atoms with van der Waals surface area (Å²) in [4.78, 5) is 0. The number of halogens is 1. The minimum Gasteiger partial charge on any atom is -1.00 e. The molecule has 10 heavy (non-hydrogen) atoms. The molecule has 0 amide bonds. The molecule has 1 heterocycles. The third-order valence-electron chi connectivity index (χ3n) is 2.45. The number of hydrogen-bond donors (Lipinski definition) is 0. The van der Waals surface area contributed by atoms with Gasteiger partial charge in [-0.2, -0.15) is 0 Å². The first kappa shape index (κ1) is 10.2. The molecule has 0 aromatic heterocycles. The van der Waals surface area contributed by atoms with Crippen LogP contribution >= 0.6 is 0 Å². The molecule has 62 valence electrons. The van der Waals surface area contributed by atoms with Crippen LogP contribution in [0, 0.1) is 5.92 Å². The largest absolute Gasteiger partial charge is 1.00 e. The number of nitrogens with zero attached hydrogens (tertiary/aromatic N) is 1. The fourth-order valence-electron chi connectivity index (χ4n) is 1.40. The average Bonchev–Trinajstić information content (AvgIpc) is 1.78. The highest BCUT2D eigenvalue weighted by molar-refractivity contribution is 4.57. The summed E-state index contributed by atoms with van der Waals surface area (Å²) in [6.45, 7) is 5.11. The van der Waals surface area contributed by atoms with Gasteiger partial charge in [0.1, 0.15) is 0 Å². The van der Waals surface area contributed by atoms with Crippen molar-refractivity contribution in [3.8, 4) is 0 Å². The van der Waals surface area contributed by atoms with Crippen LogP contribution in [-0.4, -0.2) is 31.7 Å². The Morgan fingerprint density at radius 1 is 1.10 bits per heavy atom. The zero-order chi connectivity index (χ0) is 6.91. The molecule has 0 aliphatic carbocycles. The molecule has 0 spiro atoms. The summed E-state index contributed by atoms with van der Waals surface area (Å²) in [6, 6.07) is 0. The van der Waals surface area contributed by atoms with Crippen LogP contribution in [0.4, 0.5) is 0 Å². The van der Waals surface area contributed by atoms with E-state index in [9.17, 15) is 0 Å². The van der Waals surface area contributed by atoms with E-state index in [0.717, 1.165) is 5.92 Å². The van der Waals surface area contributed by atoms with Crippen LogP contribution in [0.1, 0.15) is 19.8 Å². The van der Waals surface area contributed by atoms with Gasteiger partial charge in [0.05, 0.1) is 27.2 Å². The minimum absolute atomic E-state index is 0. The molecule has 1 saturated heterocycles.